The van der Waals surface area contributed by atoms with Gasteiger partial charge in [0.1, 0.15) is 34.1 Å². The van der Waals surface area contributed by atoms with E-state index in [-0.39, 0.29) is 34.5 Å². The minimum Gasteiger partial charge on any atom is -0.493 e. The van der Waals surface area contributed by atoms with Gasteiger partial charge in [0.15, 0.2) is 21.4 Å². The predicted molar refractivity (Wildman–Crippen MR) is 163 cm³/mol. The maximum atomic E-state index is 15.2. The molecule has 0 aliphatic carbocycles. The van der Waals surface area contributed by atoms with Gasteiger partial charge in [-0.15, -0.1) is 0 Å². The van der Waals surface area contributed by atoms with Crippen molar-refractivity contribution in [3.05, 3.63) is 89.1 Å². The van der Waals surface area contributed by atoms with Gasteiger partial charge in [0, 0.05) is 47.1 Å². The van der Waals surface area contributed by atoms with Crippen molar-refractivity contribution in [3.8, 4) is 28.6 Å². The lowest BCUT2D eigenvalue weighted by molar-refractivity contribution is -0.120. The summed E-state index contributed by atoms with van der Waals surface area (Å²) in [6.07, 6.45) is 4.43. The maximum absolute atomic E-state index is 15.2. The van der Waals surface area contributed by atoms with E-state index >= 15 is 8.78 Å². The van der Waals surface area contributed by atoms with Gasteiger partial charge in [-0.2, -0.15) is 4.39 Å². The molecule has 7 rings (SSSR count). The number of aromatic nitrogens is 3. The third-order valence-corrected chi connectivity index (χ3v) is 9.73. The number of aromatic amines is 2. The first-order chi connectivity index (χ1) is 22.3. The summed E-state index contributed by atoms with van der Waals surface area (Å²) in [5, 5.41) is 4.72. The average molecular weight is 666 g/mol. The fourth-order valence-corrected chi connectivity index (χ4v) is 7.22. The van der Waals surface area contributed by atoms with Crippen LogP contribution in [-0.4, -0.2) is 54.2 Å². The summed E-state index contributed by atoms with van der Waals surface area (Å²) in [5.74, 6) is -4.31. The molecule has 5 aromatic rings. The number of sulfone groups is 1. The summed E-state index contributed by atoms with van der Waals surface area (Å²) in [4.78, 5) is 33.3. The first kappa shape index (κ1) is 30.3. The molecule has 0 saturated carbocycles. The smallest absolute Gasteiger partial charge is 0.322 e. The van der Waals surface area contributed by atoms with E-state index in [4.69, 9.17) is 9.47 Å². The zero-order valence-electron chi connectivity index (χ0n) is 24.8. The molecule has 2 aliphatic heterocycles. The molecule has 4 heterocycles. The van der Waals surface area contributed by atoms with Gasteiger partial charge in [-0.25, -0.2) is 27.0 Å². The van der Waals surface area contributed by atoms with Crippen LogP contribution < -0.4 is 20.1 Å². The molecule has 2 aliphatic rings. The van der Waals surface area contributed by atoms with E-state index in [2.05, 4.69) is 25.6 Å². The molecule has 4 N–H and O–H groups in total. The number of para-hydroxylation sites is 1. The highest BCUT2D eigenvalue weighted by Gasteiger charge is 2.39. The molecule has 2 atom stereocenters. The minimum absolute atomic E-state index is 0.0640. The molecule has 0 spiro atoms. The Morgan fingerprint density at radius 1 is 1.11 bits per heavy atom. The number of nitrogens with zero attached hydrogens (tertiary/aromatic N) is 1. The number of benzene rings is 3. The standard InChI is InChI=1S/C32H26F3N5O6S/c1-32(9-11-45-26-15(4-3-5-19(26)32)12-21-30(41)40-31(42)38-21)22-14-37-29(39-22)18-13-16(6-7-20(18)33)46-27-24(35)23(34)25-17(8-10-36-25)28(27)47(2,43)44/h3-8,10,13-14,21,36H,9,11-12H2,1-2H3,(H,37,39)(H2,38,40,41,42). The molecule has 2 aromatic heterocycles. The third kappa shape index (κ3) is 5.06. The highest BCUT2D eigenvalue weighted by Crippen LogP contribution is 2.45. The Bertz CT molecular complexity index is 2230. The number of carbonyl (C=O) groups is 2. The second-order valence-electron chi connectivity index (χ2n) is 11.7. The number of imidazole rings is 1. The Kier molecular flexibility index (Phi) is 7.04. The number of H-pyrrole nitrogens is 2. The van der Waals surface area contributed by atoms with Crippen LogP contribution in [0.4, 0.5) is 18.0 Å². The van der Waals surface area contributed by atoms with Gasteiger partial charge in [-0.3, -0.25) is 10.1 Å². The van der Waals surface area contributed by atoms with Gasteiger partial charge in [0.25, 0.3) is 5.91 Å². The topological polar surface area (TPSA) is 155 Å². The van der Waals surface area contributed by atoms with Gasteiger partial charge >= 0.3 is 6.03 Å². The Hall–Kier alpha value is -5.31. The zero-order chi connectivity index (χ0) is 33.2. The SMILES string of the molecule is CC1(c2cnc(-c3cc(Oc4c(F)c(F)c5[nH]ccc5c4S(C)(=O)=O)ccc3F)[nH]2)CCOc2c(CC3NC(=O)NC3=O)cccc21. The van der Waals surface area contributed by atoms with Crippen LogP contribution in [0.2, 0.25) is 0 Å². The molecule has 3 aromatic carbocycles. The molecule has 11 nitrogen and oxygen atoms in total. The molecule has 47 heavy (non-hydrogen) atoms. The van der Waals surface area contributed by atoms with Crippen LogP contribution in [0.5, 0.6) is 17.2 Å². The van der Waals surface area contributed by atoms with Crippen LogP contribution in [0.25, 0.3) is 22.3 Å². The maximum Gasteiger partial charge on any atom is 0.322 e. The lowest BCUT2D eigenvalue weighted by Gasteiger charge is -2.36. The van der Waals surface area contributed by atoms with E-state index in [0.717, 1.165) is 29.5 Å². The van der Waals surface area contributed by atoms with E-state index in [0.29, 0.717) is 24.5 Å². The molecule has 0 bridgehead atoms. The van der Waals surface area contributed by atoms with Crippen LogP contribution in [0, 0.1) is 17.5 Å². The Labute approximate surface area is 265 Å². The van der Waals surface area contributed by atoms with Gasteiger partial charge in [0.05, 0.1) is 17.7 Å². The molecule has 2 unspecified atom stereocenters. The van der Waals surface area contributed by atoms with Crippen molar-refractivity contribution in [2.45, 2.75) is 36.1 Å². The number of ether oxygens (including phenoxy) is 2. The van der Waals surface area contributed by atoms with E-state index < -0.39 is 61.3 Å². The Balaban J connectivity index is 1.23. The van der Waals surface area contributed by atoms with Crippen LogP contribution in [0.1, 0.15) is 30.2 Å². The number of amides is 3. The summed E-state index contributed by atoms with van der Waals surface area (Å²) in [6.45, 7) is 2.29. The summed E-state index contributed by atoms with van der Waals surface area (Å²) in [6, 6.07) is 8.94. The lowest BCUT2D eigenvalue weighted by atomic mass is 9.74. The normalized spacial score (nSPS) is 19.3. The van der Waals surface area contributed by atoms with Crippen LogP contribution in [-0.2, 0) is 26.5 Å². The van der Waals surface area contributed by atoms with Gasteiger partial charge in [-0.05, 0) is 43.2 Å². The number of carbonyl (C=O) groups excluding carboxylic acids is 2. The zero-order valence-corrected chi connectivity index (χ0v) is 25.7. The van der Waals surface area contributed by atoms with Crippen molar-refractivity contribution >= 4 is 32.7 Å². The highest BCUT2D eigenvalue weighted by atomic mass is 32.2. The van der Waals surface area contributed by atoms with Crippen molar-refractivity contribution in [1.29, 1.82) is 0 Å². The molecular formula is C32H26F3N5O6S. The number of hydrogen-bond donors (Lipinski definition) is 4. The summed E-state index contributed by atoms with van der Waals surface area (Å²) >= 11 is 0. The molecule has 1 saturated heterocycles. The van der Waals surface area contributed by atoms with E-state index in [1.807, 2.05) is 25.1 Å². The van der Waals surface area contributed by atoms with Gasteiger partial charge in [-0.1, -0.05) is 18.2 Å². The largest absolute Gasteiger partial charge is 0.493 e. The molecule has 242 valence electrons. The number of imide groups is 1. The van der Waals surface area contributed by atoms with Crippen molar-refractivity contribution in [1.82, 2.24) is 25.6 Å². The summed E-state index contributed by atoms with van der Waals surface area (Å²) in [5.41, 5.74) is 1.07. The van der Waals surface area contributed by atoms with Crippen molar-refractivity contribution in [2.24, 2.45) is 0 Å². The molecule has 1 fully saturated rings. The highest BCUT2D eigenvalue weighted by molar-refractivity contribution is 7.91. The van der Waals surface area contributed by atoms with E-state index in [1.54, 1.807) is 6.20 Å². The fraction of sp³-hybridized carbons (Fsp3) is 0.219. The number of rotatable bonds is 7. The minimum atomic E-state index is -4.11. The molecule has 3 amide bonds. The van der Waals surface area contributed by atoms with Crippen molar-refractivity contribution < 1.29 is 40.7 Å². The molecular weight excluding hydrogens is 639 g/mol. The number of hydrogen-bond acceptors (Lipinski definition) is 7. The Morgan fingerprint density at radius 3 is 2.66 bits per heavy atom. The fourth-order valence-electron chi connectivity index (χ4n) is 6.18. The van der Waals surface area contributed by atoms with E-state index in [1.165, 1.54) is 18.3 Å². The van der Waals surface area contributed by atoms with E-state index in [9.17, 15) is 22.4 Å². The van der Waals surface area contributed by atoms with Crippen molar-refractivity contribution in [2.75, 3.05) is 12.9 Å². The second-order valence-corrected chi connectivity index (χ2v) is 13.6. The molecule has 15 heteroatoms. The summed E-state index contributed by atoms with van der Waals surface area (Å²) in [7, 11) is -4.11. The number of halogens is 3. The lowest BCUT2D eigenvalue weighted by Crippen LogP contribution is -2.34. The first-order valence-corrected chi connectivity index (χ1v) is 16.3. The monoisotopic (exact) mass is 665 g/mol. The summed E-state index contributed by atoms with van der Waals surface area (Å²) < 4.78 is 82.3. The molecule has 0 radical (unpaired) electrons. The van der Waals surface area contributed by atoms with Gasteiger partial charge < -0.3 is 24.8 Å². The van der Waals surface area contributed by atoms with Crippen molar-refractivity contribution in [3.63, 3.8) is 0 Å². The van der Waals surface area contributed by atoms with Crippen LogP contribution in [0.3, 0.4) is 0 Å². The number of fused-ring (bicyclic) bond motifs is 2. The quantitative estimate of drug-likeness (QED) is 0.141. The predicted octanol–water partition coefficient (Wildman–Crippen LogP) is 5.01. The number of nitrogens with one attached hydrogen (secondary N) is 4. The average Bonchev–Trinajstić information content (AvgIpc) is 3.77. The first-order valence-electron chi connectivity index (χ1n) is 14.4. The number of urea groups is 1. The second kappa shape index (κ2) is 10.9. The Morgan fingerprint density at radius 2 is 1.91 bits per heavy atom. The third-order valence-electron chi connectivity index (χ3n) is 8.59. The van der Waals surface area contributed by atoms with Crippen LogP contribution in [0.15, 0.2) is 59.8 Å². The van der Waals surface area contributed by atoms with Gasteiger partial charge in [0.2, 0.25) is 5.82 Å². The van der Waals surface area contributed by atoms with Crippen LogP contribution >= 0.6 is 0 Å².